The summed E-state index contributed by atoms with van der Waals surface area (Å²) in [7, 11) is -2.35. The van der Waals surface area contributed by atoms with Crippen molar-refractivity contribution in [3.8, 4) is 5.75 Å². The Hall–Kier alpha value is -4.35. The van der Waals surface area contributed by atoms with Gasteiger partial charge in [0.25, 0.3) is 0 Å². The van der Waals surface area contributed by atoms with Crippen LogP contribution < -0.4 is 20.7 Å². The Morgan fingerprint density at radius 1 is 0.762 bits per heavy atom. The molecule has 8 heteroatoms. The minimum Gasteiger partial charge on any atom is -0.497 e. The molecule has 42 heavy (non-hydrogen) atoms. The first-order valence-electron chi connectivity index (χ1n) is 13.8. The molecule has 2 atom stereocenters. The van der Waals surface area contributed by atoms with E-state index in [1.807, 2.05) is 42.5 Å². The van der Waals surface area contributed by atoms with Crippen LogP contribution in [0.3, 0.4) is 0 Å². The molecular formula is C34H37N2O5P. The van der Waals surface area contributed by atoms with Crippen molar-refractivity contribution < 1.29 is 23.6 Å². The predicted molar refractivity (Wildman–Crippen MR) is 168 cm³/mol. The van der Waals surface area contributed by atoms with Gasteiger partial charge in [-0.1, -0.05) is 73.7 Å². The van der Waals surface area contributed by atoms with Gasteiger partial charge in [0.05, 0.1) is 19.1 Å². The lowest BCUT2D eigenvalue weighted by atomic mass is 9.93. The van der Waals surface area contributed by atoms with E-state index in [-0.39, 0.29) is 5.91 Å². The van der Waals surface area contributed by atoms with Crippen LogP contribution >= 0.6 is 7.29 Å². The molecule has 0 bridgehead atoms. The fraction of sp³-hybridized carbons (Fsp3) is 0.235. The first-order chi connectivity index (χ1) is 20.0. The van der Waals surface area contributed by atoms with Crippen LogP contribution in [-0.4, -0.2) is 29.4 Å². The van der Waals surface area contributed by atoms with Gasteiger partial charge in [-0.15, -0.1) is 0 Å². The zero-order valence-corrected chi connectivity index (χ0v) is 25.5. The molecule has 0 aliphatic carbocycles. The van der Waals surface area contributed by atoms with E-state index >= 15 is 4.57 Å². The summed E-state index contributed by atoms with van der Waals surface area (Å²) >= 11 is 0. The molecule has 0 unspecified atom stereocenters. The van der Waals surface area contributed by atoms with Gasteiger partial charge in [-0.3, -0.25) is 9.36 Å². The summed E-state index contributed by atoms with van der Waals surface area (Å²) in [6, 6.07) is 33.0. The fourth-order valence-corrected chi connectivity index (χ4v) is 7.64. The lowest BCUT2D eigenvalue weighted by Crippen LogP contribution is -2.46. The van der Waals surface area contributed by atoms with Crippen molar-refractivity contribution in [3.05, 3.63) is 121 Å². The summed E-state index contributed by atoms with van der Waals surface area (Å²) in [6.07, 6.45) is -0.781. The van der Waals surface area contributed by atoms with Gasteiger partial charge in [0.1, 0.15) is 11.4 Å². The molecule has 2 amide bonds. The molecular weight excluding hydrogens is 547 g/mol. The van der Waals surface area contributed by atoms with E-state index in [9.17, 15) is 9.59 Å². The first-order valence-corrected chi connectivity index (χ1v) is 15.4. The molecule has 7 nitrogen and oxygen atoms in total. The average Bonchev–Trinajstić information content (AvgIpc) is 3.00. The van der Waals surface area contributed by atoms with Gasteiger partial charge in [0.2, 0.25) is 13.2 Å². The minimum atomic E-state index is -3.92. The van der Waals surface area contributed by atoms with Crippen LogP contribution in [0, 0.1) is 5.92 Å². The Morgan fingerprint density at radius 3 is 1.69 bits per heavy atom. The van der Waals surface area contributed by atoms with Crippen LogP contribution in [0.5, 0.6) is 5.75 Å². The van der Waals surface area contributed by atoms with E-state index in [1.165, 1.54) is 4.67 Å². The van der Waals surface area contributed by atoms with Crippen molar-refractivity contribution in [2.24, 2.45) is 5.92 Å². The predicted octanol–water partition coefficient (Wildman–Crippen LogP) is 7.18. The highest BCUT2D eigenvalue weighted by molar-refractivity contribution is 7.77. The third-order valence-corrected chi connectivity index (χ3v) is 9.76. The molecule has 218 valence electrons. The van der Waals surface area contributed by atoms with Gasteiger partial charge in [-0.2, -0.15) is 0 Å². The van der Waals surface area contributed by atoms with E-state index in [1.54, 1.807) is 108 Å². The Morgan fingerprint density at radius 2 is 1.24 bits per heavy atom. The summed E-state index contributed by atoms with van der Waals surface area (Å²) in [5.41, 5.74) is 0.328. The van der Waals surface area contributed by atoms with Crippen LogP contribution in [0.4, 0.5) is 10.5 Å². The van der Waals surface area contributed by atoms with E-state index in [4.69, 9.17) is 9.47 Å². The van der Waals surface area contributed by atoms with Crippen molar-refractivity contribution in [2.45, 2.75) is 39.3 Å². The van der Waals surface area contributed by atoms with Gasteiger partial charge in [0.15, 0.2) is 0 Å². The van der Waals surface area contributed by atoms with E-state index in [2.05, 4.69) is 5.32 Å². The van der Waals surface area contributed by atoms with Crippen LogP contribution in [0.15, 0.2) is 115 Å². The van der Waals surface area contributed by atoms with Crippen LogP contribution in [0.2, 0.25) is 0 Å². The van der Waals surface area contributed by atoms with Gasteiger partial charge in [-0.25, -0.2) is 9.46 Å². The van der Waals surface area contributed by atoms with E-state index < -0.39 is 30.9 Å². The number of hydrogen-bond acceptors (Lipinski definition) is 5. The van der Waals surface area contributed by atoms with Crippen molar-refractivity contribution in [1.29, 1.82) is 0 Å². The lowest BCUT2D eigenvalue weighted by molar-refractivity contribution is -0.120. The summed E-state index contributed by atoms with van der Waals surface area (Å²) < 4.78 is 28.2. The molecule has 0 aromatic heterocycles. The third kappa shape index (κ3) is 6.92. The molecule has 0 aliphatic rings. The smallest absolute Gasteiger partial charge is 0.416 e. The van der Waals surface area contributed by atoms with Gasteiger partial charge < -0.3 is 14.8 Å². The number of anilines is 1. The number of methoxy groups -OCH3 is 1. The standard InChI is InChI=1S/C34H37N2O5P/c1-25(32(37)35-27-21-23-28(40-5)24-22-27)31(26-15-9-6-10-16-26)36(33(38)41-34(2,3)4)42(39,29-17-11-7-12-18-29)30-19-13-8-14-20-30/h6-25,31H,1-5H3,(H,35,37)/t25-,31+/m1/s1. The maximum Gasteiger partial charge on any atom is 0.416 e. The molecule has 0 radical (unpaired) electrons. The zero-order valence-electron chi connectivity index (χ0n) is 24.6. The number of rotatable bonds is 9. The normalized spacial score (nSPS) is 13.0. The molecule has 0 saturated carbocycles. The summed E-state index contributed by atoms with van der Waals surface area (Å²) in [5.74, 6) is -0.538. The van der Waals surface area contributed by atoms with Crippen LogP contribution in [0.25, 0.3) is 0 Å². The lowest BCUT2D eigenvalue weighted by Gasteiger charge is -2.41. The number of nitrogens with zero attached hydrogens (tertiary/aromatic N) is 1. The first kappa shape index (κ1) is 30.6. The largest absolute Gasteiger partial charge is 0.497 e. The minimum absolute atomic E-state index is 0.352. The second kappa shape index (κ2) is 13.1. The molecule has 4 aromatic rings. The number of benzene rings is 4. The summed E-state index contributed by atoms with van der Waals surface area (Å²) in [6.45, 7) is 7.01. The monoisotopic (exact) mass is 584 g/mol. The number of nitrogens with one attached hydrogen (secondary N) is 1. The van der Waals surface area contributed by atoms with Crippen molar-refractivity contribution in [2.75, 3.05) is 12.4 Å². The van der Waals surface area contributed by atoms with Crippen LogP contribution in [0.1, 0.15) is 39.3 Å². The molecule has 1 N–H and O–H groups in total. The van der Waals surface area contributed by atoms with Crippen molar-refractivity contribution >= 4 is 35.6 Å². The van der Waals surface area contributed by atoms with Crippen molar-refractivity contribution in [1.82, 2.24) is 4.67 Å². The van der Waals surface area contributed by atoms with Crippen molar-refractivity contribution in [3.63, 3.8) is 0 Å². The van der Waals surface area contributed by atoms with Gasteiger partial charge in [0, 0.05) is 16.3 Å². The Balaban J connectivity index is 1.92. The molecule has 0 spiro atoms. The molecule has 0 fully saturated rings. The second-order valence-corrected chi connectivity index (χ2v) is 13.5. The van der Waals surface area contributed by atoms with E-state index in [0.717, 1.165) is 0 Å². The highest BCUT2D eigenvalue weighted by Crippen LogP contribution is 2.54. The van der Waals surface area contributed by atoms with Gasteiger partial charge >= 0.3 is 6.09 Å². The Labute approximate surface area is 247 Å². The Bertz CT molecular complexity index is 1480. The highest BCUT2D eigenvalue weighted by atomic mass is 31.2. The summed E-state index contributed by atoms with van der Waals surface area (Å²) in [5, 5.41) is 3.85. The second-order valence-electron chi connectivity index (χ2n) is 10.9. The third-order valence-electron chi connectivity index (χ3n) is 6.75. The molecule has 4 rings (SSSR count). The number of amides is 2. The Kier molecular flexibility index (Phi) is 9.54. The zero-order chi connectivity index (χ0) is 30.3. The number of ether oxygens (including phenoxy) is 2. The molecule has 4 aromatic carbocycles. The topological polar surface area (TPSA) is 84.9 Å². The van der Waals surface area contributed by atoms with Crippen LogP contribution in [-0.2, 0) is 14.1 Å². The van der Waals surface area contributed by atoms with Gasteiger partial charge in [-0.05, 0) is 74.9 Å². The average molecular weight is 585 g/mol. The number of carbonyl (C=O) groups excluding carboxylic acids is 2. The fourth-order valence-electron chi connectivity index (χ4n) is 4.74. The number of carbonyl (C=O) groups is 2. The molecule has 0 heterocycles. The maximum atomic E-state index is 15.7. The molecule has 0 aliphatic heterocycles. The highest BCUT2D eigenvalue weighted by Gasteiger charge is 2.47. The quantitative estimate of drug-likeness (QED) is 0.211. The SMILES string of the molecule is COc1ccc(NC(=O)[C@H](C)[C@@H](c2ccccc2)N(C(=O)OC(C)(C)C)P(=O)(c2ccccc2)c2ccccc2)cc1. The summed E-state index contributed by atoms with van der Waals surface area (Å²) in [4.78, 5) is 28.2. The molecule has 0 saturated heterocycles. The van der Waals surface area contributed by atoms with E-state index in [0.29, 0.717) is 27.6 Å². The number of hydrogen-bond donors (Lipinski definition) is 1. The maximum absolute atomic E-state index is 15.7.